The standard InChI is InChI=1S/C33H37F3N4O6/c1-44-31-22-29(10-11-30(31)40(42)43)46-28-12-16-39(17-13-28)32(41)14-15-37-18-20-38(21-19-37)26-6-8-27(9-7-26)45-23-24-2-4-25(5-3-24)33(34,35)36/h2-11,22,28H,12-21,23H2,1H3. The fourth-order valence-electron chi connectivity index (χ4n) is 5.65. The van der Waals surface area contributed by atoms with Crippen LogP contribution < -0.4 is 19.1 Å². The number of carbonyl (C=O) groups excluding carboxylic acids is 1. The van der Waals surface area contributed by atoms with Crippen molar-refractivity contribution in [3.63, 3.8) is 0 Å². The summed E-state index contributed by atoms with van der Waals surface area (Å²) in [6.45, 7) is 5.42. The largest absolute Gasteiger partial charge is 0.490 e. The predicted molar refractivity (Wildman–Crippen MR) is 165 cm³/mol. The Morgan fingerprint density at radius 1 is 0.913 bits per heavy atom. The highest BCUT2D eigenvalue weighted by Crippen LogP contribution is 2.32. The van der Waals surface area contributed by atoms with Crippen molar-refractivity contribution >= 4 is 17.3 Å². The lowest BCUT2D eigenvalue weighted by Crippen LogP contribution is -2.48. The topological polar surface area (TPSA) is 97.6 Å². The number of methoxy groups -OCH3 is 1. The molecular formula is C33H37F3N4O6. The van der Waals surface area contributed by atoms with Gasteiger partial charge in [0, 0.05) is 82.9 Å². The second-order valence-electron chi connectivity index (χ2n) is 11.3. The molecule has 0 radical (unpaired) electrons. The summed E-state index contributed by atoms with van der Waals surface area (Å²) >= 11 is 0. The number of carbonyl (C=O) groups is 1. The van der Waals surface area contributed by atoms with E-state index in [2.05, 4.69) is 9.80 Å². The number of nitro benzene ring substituents is 1. The number of nitrogens with zero attached hydrogens (tertiary/aromatic N) is 4. The number of rotatable bonds is 11. The smallest absolute Gasteiger partial charge is 0.416 e. The van der Waals surface area contributed by atoms with Crippen LogP contribution in [-0.4, -0.2) is 79.7 Å². The van der Waals surface area contributed by atoms with Gasteiger partial charge in [-0.2, -0.15) is 13.2 Å². The van der Waals surface area contributed by atoms with Gasteiger partial charge in [0.25, 0.3) is 0 Å². The lowest BCUT2D eigenvalue weighted by molar-refractivity contribution is -0.385. The van der Waals surface area contributed by atoms with Gasteiger partial charge in [-0.3, -0.25) is 19.8 Å². The van der Waals surface area contributed by atoms with Gasteiger partial charge in [0.1, 0.15) is 24.2 Å². The first-order valence-corrected chi connectivity index (χ1v) is 15.2. The number of halogens is 3. The lowest BCUT2D eigenvalue weighted by atomic mass is 10.1. The molecule has 2 saturated heterocycles. The summed E-state index contributed by atoms with van der Waals surface area (Å²) in [7, 11) is 1.38. The number of piperidine rings is 1. The number of ether oxygens (including phenoxy) is 3. The molecule has 246 valence electrons. The molecule has 13 heteroatoms. The van der Waals surface area contributed by atoms with Gasteiger partial charge in [0.2, 0.25) is 11.7 Å². The molecule has 0 unspecified atom stereocenters. The molecule has 1 amide bonds. The second-order valence-corrected chi connectivity index (χ2v) is 11.3. The van der Waals surface area contributed by atoms with Gasteiger partial charge in [-0.15, -0.1) is 0 Å². The third kappa shape index (κ3) is 8.59. The Morgan fingerprint density at radius 2 is 1.57 bits per heavy atom. The summed E-state index contributed by atoms with van der Waals surface area (Å²) in [6, 6.07) is 17.1. The van der Waals surface area contributed by atoms with Crippen LogP contribution in [0.25, 0.3) is 0 Å². The van der Waals surface area contributed by atoms with Crippen LogP contribution in [-0.2, 0) is 17.6 Å². The van der Waals surface area contributed by atoms with E-state index in [4.69, 9.17) is 14.2 Å². The van der Waals surface area contributed by atoms with E-state index >= 15 is 0 Å². The van der Waals surface area contributed by atoms with Crippen molar-refractivity contribution in [2.24, 2.45) is 0 Å². The molecule has 3 aromatic carbocycles. The normalized spacial score (nSPS) is 16.3. The molecule has 0 spiro atoms. The van der Waals surface area contributed by atoms with Crippen molar-refractivity contribution in [1.82, 2.24) is 9.80 Å². The first kappa shape index (κ1) is 32.9. The molecule has 2 heterocycles. The lowest BCUT2D eigenvalue weighted by Gasteiger charge is -2.37. The number of amides is 1. The van der Waals surface area contributed by atoms with E-state index in [0.717, 1.165) is 44.0 Å². The maximum Gasteiger partial charge on any atom is 0.416 e. The van der Waals surface area contributed by atoms with E-state index in [0.29, 0.717) is 56.0 Å². The number of alkyl halides is 3. The molecular weight excluding hydrogens is 605 g/mol. The molecule has 3 aromatic rings. The Kier molecular flexibility index (Phi) is 10.5. The fourth-order valence-corrected chi connectivity index (χ4v) is 5.65. The van der Waals surface area contributed by atoms with Crippen LogP contribution >= 0.6 is 0 Å². The van der Waals surface area contributed by atoms with Crippen molar-refractivity contribution in [2.75, 3.05) is 57.8 Å². The van der Waals surface area contributed by atoms with E-state index in [1.54, 1.807) is 6.07 Å². The van der Waals surface area contributed by atoms with Gasteiger partial charge in [-0.1, -0.05) is 12.1 Å². The van der Waals surface area contributed by atoms with Gasteiger partial charge in [0.05, 0.1) is 17.6 Å². The van der Waals surface area contributed by atoms with Crippen LogP contribution in [0.2, 0.25) is 0 Å². The van der Waals surface area contributed by atoms with E-state index in [1.165, 1.54) is 31.4 Å². The number of hydrogen-bond donors (Lipinski definition) is 0. The average molecular weight is 643 g/mol. The zero-order valence-corrected chi connectivity index (χ0v) is 25.6. The van der Waals surface area contributed by atoms with Gasteiger partial charge < -0.3 is 24.0 Å². The maximum absolute atomic E-state index is 12.9. The maximum atomic E-state index is 12.9. The Balaban J connectivity index is 0.990. The molecule has 0 bridgehead atoms. The molecule has 0 atom stereocenters. The minimum absolute atomic E-state index is 0.0806. The molecule has 0 N–H and O–H groups in total. The third-order valence-electron chi connectivity index (χ3n) is 8.35. The highest BCUT2D eigenvalue weighted by atomic mass is 19.4. The number of piperazine rings is 1. The van der Waals surface area contributed by atoms with E-state index in [-0.39, 0.29) is 30.1 Å². The summed E-state index contributed by atoms with van der Waals surface area (Å²) < 4.78 is 55.2. The number of likely N-dealkylation sites (tertiary alicyclic amines) is 1. The Labute approximate surface area is 265 Å². The van der Waals surface area contributed by atoms with E-state index in [1.807, 2.05) is 29.2 Å². The molecule has 0 saturated carbocycles. The van der Waals surface area contributed by atoms with Crippen LogP contribution in [0.3, 0.4) is 0 Å². The summed E-state index contributed by atoms with van der Waals surface area (Å²) in [6.07, 6.45) is -2.62. The van der Waals surface area contributed by atoms with Crippen molar-refractivity contribution < 1.29 is 37.1 Å². The molecule has 2 aliphatic rings. The minimum atomic E-state index is -4.36. The SMILES string of the molecule is COc1cc(OC2CCN(C(=O)CCN3CCN(c4ccc(OCc5ccc(C(F)(F)F)cc5)cc4)CC3)CC2)ccc1[N+](=O)[O-]. The number of anilines is 1. The van der Waals surface area contributed by atoms with Crippen LogP contribution in [0, 0.1) is 10.1 Å². The third-order valence-corrected chi connectivity index (χ3v) is 8.35. The average Bonchev–Trinajstić information content (AvgIpc) is 3.06. The predicted octanol–water partition coefficient (Wildman–Crippen LogP) is 5.78. The van der Waals surface area contributed by atoms with Crippen molar-refractivity contribution in [1.29, 1.82) is 0 Å². The molecule has 0 aromatic heterocycles. The number of hydrogen-bond acceptors (Lipinski definition) is 8. The van der Waals surface area contributed by atoms with Crippen molar-refractivity contribution in [2.45, 2.75) is 38.1 Å². The van der Waals surface area contributed by atoms with Gasteiger partial charge in [-0.25, -0.2) is 0 Å². The summed E-state index contributed by atoms with van der Waals surface area (Å²) in [5.74, 6) is 1.43. The van der Waals surface area contributed by atoms with Crippen molar-refractivity contribution in [3.8, 4) is 17.2 Å². The number of benzene rings is 3. The Bertz CT molecular complexity index is 1470. The van der Waals surface area contributed by atoms with E-state index in [9.17, 15) is 28.1 Å². The zero-order chi connectivity index (χ0) is 32.7. The Hall–Kier alpha value is -4.52. The highest BCUT2D eigenvalue weighted by Gasteiger charge is 2.30. The summed E-state index contributed by atoms with van der Waals surface area (Å²) in [5.41, 5.74) is 0.928. The Morgan fingerprint density at radius 3 is 2.17 bits per heavy atom. The highest BCUT2D eigenvalue weighted by molar-refractivity contribution is 5.76. The van der Waals surface area contributed by atoms with Crippen LogP contribution in [0.5, 0.6) is 17.2 Å². The quantitative estimate of drug-likeness (QED) is 0.192. The monoisotopic (exact) mass is 642 g/mol. The van der Waals surface area contributed by atoms with Crippen LogP contribution in [0.15, 0.2) is 66.7 Å². The first-order valence-electron chi connectivity index (χ1n) is 15.2. The van der Waals surface area contributed by atoms with Crippen molar-refractivity contribution in [3.05, 3.63) is 88.0 Å². The molecule has 0 aliphatic carbocycles. The summed E-state index contributed by atoms with van der Waals surface area (Å²) in [4.78, 5) is 30.0. The molecule has 5 rings (SSSR count). The van der Waals surface area contributed by atoms with Gasteiger partial charge in [0.15, 0.2) is 0 Å². The fraction of sp³-hybridized carbons (Fsp3) is 0.424. The van der Waals surface area contributed by atoms with Crippen LogP contribution in [0.4, 0.5) is 24.5 Å². The van der Waals surface area contributed by atoms with Gasteiger partial charge in [-0.05, 0) is 48.0 Å². The zero-order valence-electron chi connectivity index (χ0n) is 25.6. The number of nitro groups is 1. The van der Waals surface area contributed by atoms with Gasteiger partial charge >= 0.3 is 11.9 Å². The molecule has 46 heavy (non-hydrogen) atoms. The first-order chi connectivity index (χ1) is 22.1. The summed E-state index contributed by atoms with van der Waals surface area (Å²) in [5, 5.41) is 11.1. The molecule has 10 nitrogen and oxygen atoms in total. The van der Waals surface area contributed by atoms with Crippen LogP contribution in [0.1, 0.15) is 30.4 Å². The molecule has 2 fully saturated rings. The molecule has 2 aliphatic heterocycles. The second kappa shape index (κ2) is 14.7. The minimum Gasteiger partial charge on any atom is -0.490 e. The van der Waals surface area contributed by atoms with E-state index < -0.39 is 16.7 Å².